The van der Waals surface area contributed by atoms with E-state index in [4.69, 9.17) is 9.47 Å². The molecule has 0 radical (unpaired) electrons. The van der Waals surface area contributed by atoms with Gasteiger partial charge in [0.15, 0.2) is 6.61 Å². The van der Waals surface area contributed by atoms with Gasteiger partial charge in [-0.05, 0) is 37.6 Å². The van der Waals surface area contributed by atoms with Crippen molar-refractivity contribution in [2.45, 2.75) is 31.9 Å². The minimum atomic E-state index is -0.566. The predicted octanol–water partition coefficient (Wildman–Crippen LogP) is 4.18. The third-order valence-corrected chi connectivity index (χ3v) is 5.72. The number of thioether (sulfide) groups is 1. The van der Waals surface area contributed by atoms with Crippen LogP contribution in [-0.2, 0) is 20.9 Å². The smallest absolute Gasteiger partial charge is 0.338 e. The van der Waals surface area contributed by atoms with Crippen molar-refractivity contribution in [3.8, 4) is 0 Å². The van der Waals surface area contributed by atoms with Crippen LogP contribution in [0.1, 0.15) is 40.7 Å². The quantitative estimate of drug-likeness (QED) is 0.633. The van der Waals surface area contributed by atoms with E-state index in [1.165, 1.54) is 17.8 Å². The van der Waals surface area contributed by atoms with Crippen LogP contribution in [0, 0.1) is 5.82 Å². The van der Waals surface area contributed by atoms with Gasteiger partial charge in [0.25, 0.3) is 5.91 Å². The van der Waals surface area contributed by atoms with Crippen molar-refractivity contribution in [2.24, 2.45) is 0 Å². The highest BCUT2D eigenvalue weighted by Crippen LogP contribution is 2.38. The molecule has 3 rings (SSSR count). The number of carbonyl (C=O) groups is 2. The first-order valence-corrected chi connectivity index (χ1v) is 10.5. The van der Waals surface area contributed by atoms with Crippen molar-refractivity contribution in [3.63, 3.8) is 0 Å². The summed E-state index contributed by atoms with van der Waals surface area (Å²) >= 11 is 1.50. The van der Waals surface area contributed by atoms with E-state index in [1.54, 1.807) is 47.4 Å². The Hall–Kier alpha value is -2.38. The molecular formula is C22H24FNO4S. The van der Waals surface area contributed by atoms with Crippen LogP contribution in [0.4, 0.5) is 4.39 Å². The zero-order valence-corrected chi connectivity index (χ0v) is 17.3. The fourth-order valence-electron chi connectivity index (χ4n) is 2.95. The van der Waals surface area contributed by atoms with Crippen LogP contribution in [0.25, 0.3) is 0 Å². The van der Waals surface area contributed by atoms with Crippen LogP contribution >= 0.6 is 11.8 Å². The summed E-state index contributed by atoms with van der Waals surface area (Å²) in [6.45, 7) is 4.50. The van der Waals surface area contributed by atoms with Gasteiger partial charge in [-0.25, -0.2) is 9.18 Å². The van der Waals surface area contributed by atoms with E-state index in [2.05, 4.69) is 0 Å². The monoisotopic (exact) mass is 417 g/mol. The maximum absolute atomic E-state index is 14.1. The molecule has 154 valence electrons. The van der Waals surface area contributed by atoms with Crippen molar-refractivity contribution in [2.75, 3.05) is 18.9 Å². The highest BCUT2D eigenvalue weighted by Gasteiger charge is 2.32. The van der Waals surface area contributed by atoms with Gasteiger partial charge < -0.3 is 14.4 Å². The molecule has 1 atom stereocenters. The summed E-state index contributed by atoms with van der Waals surface area (Å²) in [5.41, 5.74) is 1.79. The molecule has 5 nitrogen and oxygen atoms in total. The first-order valence-electron chi connectivity index (χ1n) is 9.49. The van der Waals surface area contributed by atoms with E-state index in [0.29, 0.717) is 30.0 Å². The van der Waals surface area contributed by atoms with Crippen LogP contribution in [0.5, 0.6) is 0 Å². The van der Waals surface area contributed by atoms with Crippen LogP contribution < -0.4 is 0 Å². The summed E-state index contributed by atoms with van der Waals surface area (Å²) in [6.07, 6.45) is 0.127. The molecule has 1 amide bonds. The zero-order valence-electron chi connectivity index (χ0n) is 16.5. The molecule has 1 saturated heterocycles. The summed E-state index contributed by atoms with van der Waals surface area (Å²) in [7, 11) is 0. The summed E-state index contributed by atoms with van der Waals surface area (Å²) in [4.78, 5) is 26.4. The third-order valence-electron chi connectivity index (χ3n) is 4.48. The first kappa shape index (κ1) is 21.3. The van der Waals surface area contributed by atoms with E-state index >= 15 is 0 Å². The van der Waals surface area contributed by atoms with Crippen molar-refractivity contribution in [1.82, 2.24) is 4.90 Å². The van der Waals surface area contributed by atoms with Crippen molar-refractivity contribution < 1.29 is 23.5 Å². The number of esters is 1. The fourth-order valence-corrected chi connectivity index (χ4v) is 4.25. The minimum Gasteiger partial charge on any atom is -0.452 e. The maximum Gasteiger partial charge on any atom is 0.338 e. The van der Waals surface area contributed by atoms with E-state index in [-0.39, 0.29) is 24.4 Å². The molecule has 2 aromatic carbocycles. The molecule has 0 bridgehead atoms. The van der Waals surface area contributed by atoms with E-state index < -0.39 is 11.3 Å². The number of rotatable bonds is 7. The fraction of sp³-hybridized carbons (Fsp3) is 0.364. The average Bonchev–Trinajstić information content (AvgIpc) is 3.20. The lowest BCUT2D eigenvalue weighted by Crippen LogP contribution is -2.34. The number of benzene rings is 2. The number of ether oxygens (including phenoxy) is 2. The lowest BCUT2D eigenvalue weighted by Gasteiger charge is -2.24. The van der Waals surface area contributed by atoms with Gasteiger partial charge in [-0.1, -0.05) is 30.3 Å². The van der Waals surface area contributed by atoms with Gasteiger partial charge in [0.1, 0.15) is 11.2 Å². The summed E-state index contributed by atoms with van der Waals surface area (Å²) in [6, 6.07) is 13.3. The number of hydrogen-bond acceptors (Lipinski definition) is 5. The minimum absolute atomic E-state index is 0.127. The standard InChI is InChI=1S/C22H24FNO4S/c1-15(2)27-13-16-7-9-17(10-8-16)22(26)28-14-20(25)24-11-12-29-21(24)18-5-3-4-6-19(18)23/h3-10,15,21H,11-14H2,1-2H3/t21-/m0/s1. The molecule has 0 unspecified atom stereocenters. The van der Waals surface area contributed by atoms with Gasteiger partial charge in [0.05, 0.1) is 18.3 Å². The lowest BCUT2D eigenvalue weighted by atomic mass is 10.1. The van der Waals surface area contributed by atoms with E-state index in [1.807, 2.05) is 13.8 Å². The van der Waals surface area contributed by atoms with E-state index in [9.17, 15) is 14.0 Å². The largest absolute Gasteiger partial charge is 0.452 e. The second kappa shape index (κ2) is 9.89. The topological polar surface area (TPSA) is 55.8 Å². The van der Waals surface area contributed by atoms with Gasteiger partial charge in [0.2, 0.25) is 0 Å². The van der Waals surface area contributed by atoms with Gasteiger partial charge in [-0.3, -0.25) is 4.79 Å². The molecule has 29 heavy (non-hydrogen) atoms. The molecule has 1 fully saturated rings. The normalized spacial score (nSPS) is 16.3. The van der Waals surface area contributed by atoms with Crippen LogP contribution in [0.2, 0.25) is 0 Å². The Kier molecular flexibility index (Phi) is 7.28. The number of hydrogen-bond donors (Lipinski definition) is 0. The highest BCUT2D eigenvalue weighted by molar-refractivity contribution is 7.99. The molecule has 0 N–H and O–H groups in total. The molecule has 7 heteroatoms. The Bertz CT molecular complexity index is 856. The van der Waals surface area contributed by atoms with Gasteiger partial charge >= 0.3 is 5.97 Å². The number of carbonyl (C=O) groups excluding carboxylic acids is 2. The van der Waals surface area contributed by atoms with Crippen LogP contribution in [-0.4, -0.2) is 41.8 Å². The second-order valence-corrected chi connectivity index (χ2v) is 8.15. The average molecular weight is 418 g/mol. The molecule has 2 aromatic rings. The second-order valence-electron chi connectivity index (χ2n) is 6.96. The van der Waals surface area contributed by atoms with Crippen molar-refractivity contribution in [3.05, 3.63) is 71.0 Å². The summed E-state index contributed by atoms with van der Waals surface area (Å²) < 4.78 is 24.8. The maximum atomic E-state index is 14.1. The first-order chi connectivity index (χ1) is 14.0. The number of nitrogens with zero attached hydrogens (tertiary/aromatic N) is 1. The molecule has 1 aliphatic rings. The lowest BCUT2D eigenvalue weighted by molar-refractivity contribution is -0.134. The molecule has 0 aliphatic carbocycles. The van der Waals surface area contributed by atoms with Crippen molar-refractivity contribution in [1.29, 1.82) is 0 Å². The van der Waals surface area contributed by atoms with Gasteiger partial charge in [-0.15, -0.1) is 11.8 Å². The Morgan fingerprint density at radius 1 is 1.17 bits per heavy atom. The number of halogens is 1. The van der Waals surface area contributed by atoms with E-state index in [0.717, 1.165) is 5.56 Å². The highest BCUT2D eigenvalue weighted by atomic mass is 32.2. The van der Waals surface area contributed by atoms with Gasteiger partial charge in [0, 0.05) is 17.9 Å². The van der Waals surface area contributed by atoms with Gasteiger partial charge in [-0.2, -0.15) is 0 Å². The molecule has 1 heterocycles. The Balaban J connectivity index is 1.56. The summed E-state index contributed by atoms with van der Waals surface area (Å²) in [5, 5.41) is -0.400. The molecule has 0 spiro atoms. The summed E-state index contributed by atoms with van der Waals surface area (Å²) in [5.74, 6) is -0.538. The molecular weight excluding hydrogens is 393 g/mol. The predicted molar refractivity (Wildman–Crippen MR) is 110 cm³/mol. The molecule has 1 aliphatic heterocycles. The van der Waals surface area contributed by atoms with Crippen molar-refractivity contribution >= 4 is 23.6 Å². The van der Waals surface area contributed by atoms with Crippen LogP contribution in [0.15, 0.2) is 48.5 Å². The Morgan fingerprint density at radius 3 is 2.59 bits per heavy atom. The third kappa shape index (κ3) is 5.58. The number of amides is 1. The van der Waals surface area contributed by atoms with Crippen LogP contribution in [0.3, 0.4) is 0 Å². The SMILES string of the molecule is CC(C)OCc1ccc(C(=O)OCC(=O)N2CCS[C@H]2c2ccccc2F)cc1. The molecule has 0 aromatic heterocycles. The Labute approximate surface area is 174 Å². The Morgan fingerprint density at radius 2 is 1.90 bits per heavy atom. The zero-order chi connectivity index (χ0) is 20.8. The molecule has 0 saturated carbocycles.